The molecule has 0 aliphatic heterocycles. The van der Waals surface area contributed by atoms with Gasteiger partial charge in [0.05, 0.1) is 0 Å². The van der Waals surface area contributed by atoms with Crippen molar-refractivity contribution in [1.82, 2.24) is 5.32 Å². The Bertz CT molecular complexity index is 611. The molecule has 0 aliphatic rings. The normalized spacial score (nSPS) is 12.2. The highest BCUT2D eigenvalue weighted by molar-refractivity contribution is 6.34. The molecule has 0 heterocycles. The fourth-order valence-corrected chi connectivity index (χ4v) is 2.90. The number of halogens is 3. The molecule has 2 aromatic carbocycles. The molecule has 0 spiro atoms. The second kappa shape index (κ2) is 7.37. The highest BCUT2D eigenvalue weighted by Gasteiger charge is 2.10. The summed E-state index contributed by atoms with van der Waals surface area (Å²) >= 11 is 18.2. The Morgan fingerprint density at radius 2 is 1.67 bits per heavy atom. The van der Waals surface area contributed by atoms with E-state index in [4.69, 9.17) is 39.5 Å². The summed E-state index contributed by atoms with van der Waals surface area (Å²) < 4.78 is 5.74. The van der Waals surface area contributed by atoms with Crippen LogP contribution in [0.1, 0.15) is 25.5 Å². The molecule has 0 saturated heterocycles. The van der Waals surface area contributed by atoms with Crippen LogP contribution in [-0.2, 0) is 0 Å². The minimum Gasteiger partial charge on any atom is -0.457 e. The monoisotopic (exact) mass is 343 g/mol. The first kappa shape index (κ1) is 16.4. The van der Waals surface area contributed by atoms with Crippen molar-refractivity contribution < 1.29 is 4.74 Å². The molecule has 0 aliphatic carbocycles. The molecule has 0 amide bonds. The van der Waals surface area contributed by atoms with E-state index in [2.05, 4.69) is 19.2 Å². The summed E-state index contributed by atoms with van der Waals surface area (Å²) in [6.07, 6.45) is 0. The quantitative estimate of drug-likeness (QED) is 0.706. The number of hydrogen-bond acceptors (Lipinski definition) is 2. The molecule has 0 radical (unpaired) electrons. The summed E-state index contributed by atoms with van der Waals surface area (Å²) in [5.74, 6) is 1.22. The second-order valence-electron chi connectivity index (χ2n) is 4.67. The van der Waals surface area contributed by atoms with Crippen molar-refractivity contribution >= 4 is 34.8 Å². The number of nitrogens with one attached hydrogen (secondary N) is 1. The molecule has 2 nitrogen and oxygen atoms in total. The summed E-state index contributed by atoms with van der Waals surface area (Å²) in [5, 5.41) is 5.05. The van der Waals surface area contributed by atoms with E-state index in [-0.39, 0.29) is 6.04 Å². The third-order valence-corrected chi connectivity index (χ3v) is 3.78. The lowest BCUT2D eigenvalue weighted by Gasteiger charge is -2.15. The van der Waals surface area contributed by atoms with Crippen LogP contribution in [0.3, 0.4) is 0 Å². The van der Waals surface area contributed by atoms with Gasteiger partial charge in [0.1, 0.15) is 11.5 Å². The van der Waals surface area contributed by atoms with Gasteiger partial charge in [-0.2, -0.15) is 0 Å². The summed E-state index contributed by atoms with van der Waals surface area (Å²) in [7, 11) is 0. The van der Waals surface area contributed by atoms with Gasteiger partial charge in [-0.05, 0) is 49.4 Å². The fraction of sp³-hybridized carbons (Fsp3) is 0.250. The van der Waals surface area contributed by atoms with E-state index in [1.54, 1.807) is 24.3 Å². The Balaban J connectivity index is 2.20. The molecule has 0 bridgehead atoms. The minimum atomic E-state index is 0.192. The number of benzene rings is 2. The summed E-state index contributed by atoms with van der Waals surface area (Å²) in [6.45, 7) is 5.02. The van der Waals surface area contributed by atoms with Crippen molar-refractivity contribution in [2.75, 3.05) is 6.54 Å². The highest BCUT2D eigenvalue weighted by Crippen LogP contribution is 2.32. The van der Waals surface area contributed by atoms with E-state index in [1.807, 2.05) is 12.1 Å². The van der Waals surface area contributed by atoms with Crippen molar-refractivity contribution in [3.05, 3.63) is 57.0 Å². The van der Waals surface area contributed by atoms with Gasteiger partial charge in [-0.3, -0.25) is 0 Å². The van der Waals surface area contributed by atoms with Crippen LogP contribution in [0, 0.1) is 0 Å². The Kier molecular flexibility index (Phi) is 5.77. The molecular weight excluding hydrogens is 329 g/mol. The van der Waals surface area contributed by atoms with Crippen LogP contribution >= 0.6 is 34.8 Å². The first-order chi connectivity index (χ1) is 9.99. The Hall–Kier alpha value is -0.930. The first-order valence-electron chi connectivity index (χ1n) is 6.66. The Labute approximate surface area is 140 Å². The van der Waals surface area contributed by atoms with Gasteiger partial charge in [-0.15, -0.1) is 0 Å². The van der Waals surface area contributed by atoms with Crippen molar-refractivity contribution in [2.24, 2.45) is 0 Å². The van der Waals surface area contributed by atoms with E-state index in [0.717, 1.165) is 12.1 Å². The maximum Gasteiger partial charge on any atom is 0.130 e. The van der Waals surface area contributed by atoms with Crippen molar-refractivity contribution in [2.45, 2.75) is 19.9 Å². The molecule has 1 atom stereocenters. The van der Waals surface area contributed by atoms with Gasteiger partial charge in [0.15, 0.2) is 0 Å². The Morgan fingerprint density at radius 1 is 1.00 bits per heavy atom. The average molecular weight is 345 g/mol. The van der Waals surface area contributed by atoms with Gasteiger partial charge >= 0.3 is 0 Å². The minimum absolute atomic E-state index is 0.192. The molecule has 2 aromatic rings. The predicted molar refractivity (Wildman–Crippen MR) is 90.1 cm³/mol. The summed E-state index contributed by atoms with van der Waals surface area (Å²) in [6, 6.07) is 10.9. The lowest BCUT2D eigenvalue weighted by atomic mass is 10.1. The zero-order valence-electron chi connectivity index (χ0n) is 11.8. The molecule has 0 fully saturated rings. The second-order valence-corrected chi connectivity index (χ2v) is 5.95. The standard InChI is InChI=1S/C16H16Cl3NO/c1-3-20-10(2)15-5-4-13(9-16(15)19)21-14-7-11(17)6-12(18)8-14/h4-10,20H,3H2,1-2H3. The van der Waals surface area contributed by atoms with Crippen LogP contribution in [0.5, 0.6) is 11.5 Å². The Morgan fingerprint density at radius 3 is 2.24 bits per heavy atom. The molecule has 2 rings (SSSR count). The SMILES string of the molecule is CCNC(C)c1ccc(Oc2cc(Cl)cc(Cl)c2)cc1Cl. The molecule has 0 saturated carbocycles. The lowest BCUT2D eigenvalue weighted by Crippen LogP contribution is -2.17. The van der Waals surface area contributed by atoms with Crippen LogP contribution in [0.4, 0.5) is 0 Å². The largest absolute Gasteiger partial charge is 0.457 e. The molecule has 1 N–H and O–H groups in total. The lowest BCUT2D eigenvalue weighted by molar-refractivity contribution is 0.482. The van der Waals surface area contributed by atoms with Crippen LogP contribution in [0.25, 0.3) is 0 Å². The van der Waals surface area contributed by atoms with Crippen LogP contribution in [0.15, 0.2) is 36.4 Å². The topological polar surface area (TPSA) is 21.3 Å². The summed E-state index contributed by atoms with van der Waals surface area (Å²) in [5.41, 5.74) is 1.04. The maximum absolute atomic E-state index is 6.32. The highest BCUT2D eigenvalue weighted by atomic mass is 35.5. The van der Waals surface area contributed by atoms with Crippen molar-refractivity contribution in [3.63, 3.8) is 0 Å². The number of rotatable bonds is 5. The maximum atomic E-state index is 6.32. The van der Waals surface area contributed by atoms with Crippen LogP contribution in [0.2, 0.25) is 15.1 Å². The van der Waals surface area contributed by atoms with Crippen molar-refractivity contribution in [1.29, 1.82) is 0 Å². The molecule has 1 unspecified atom stereocenters. The average Bonchev–Trinajstić information content (AvgIpc) is 2.37. The predicted octanol–water partition coefficient (Wildman–Crippen LogP) is 6.11. The van der Waals surface area contributed by atoms with E-state index < -0.39 is 0 Å². The van der Waals surface area contributed by atoms with E-state index in [9.17, 15) is 0 Å². The molecule has 0 aromatic heterocycles. The van der Waals surface area contributed by atoms with Gasteiger partial charge in [0, 0.05) is 21.1 Å². The molecule has 112 valence electrons. The number of hydrogen-bond donors (Lipinski definition) is 1. The zero-order valence-corrected chi connectivity index (χ0v) is 14.1. The van der Waals surface area contributed by atoms with E-state index >= 15 is 0 Å². The summed E-state index contributed by atoms with van der Waals surface area (Å²) in [4.78, 5) is 0. The van der Waals surface area contributed by atoms with Gasteiger partial charge in [0.25, 0.3) is 0 Å². The van der Waals surface area contributed by atoms with Crippen LogP contribution < -0.4 is 10.1 Å². The van der Waals surface area contributed by atoms with Crippen molar-refractivity contribution in [3.8, 4) is 11.5 Å². The molecule has 21 heavy (non-hydrogen) atoms. The van der Waals surface area contributed by atoms with E-state index in [1.165, 1.54) is 0 Å². The zero-order chi connectivity index (χ0) is 15.4. The number of ether oxygens (including phenoxy) is 1. The first-order valence-corrected chi connectivity index (χ1v) is 7.79. The van der Waals surface area contributed by atoms with Gasteiger partial charge in [-0.25, -0.2) is 0 Å². The van der Waals surface area contributed by atoms with E-state index in [0.29, 0.717) is 26.6 Å². The third-order valence-electron chi connectivity index (χ3n) is 3.02. The van der Waals surface area contributed by atoms with Gasteiger partial charge in [-0.1, -0.05) is 47.8 Å². The molecule has 5 heteroatoms. The fourth-order valence-electron chi connectivity index (χ4n) is 2.06. The smallest absolute Gasteiger partial charge is 0.130 e. The van der Waals surface area contributed by atoms with Crippen LogP contribution in [-0.4, -0.2) is 6.54 Å². The third kappa shape index (κ3) is 4.52. The van der Waals surface area contributed by atoms with Gasteiger partial charge in [0.2, 0.25) is 0 Å². The van der Waals surface area contributed by atoms with Gasteiger partial charge < -0.3 is 10.1 Å². The molecular formula is C16H16Cl3NO.